The molecule has 0 saturated heterocycles. The number of benzene rings is 1. The number of nitrogens with two attached hydrogens (primary N) is 1. The Bertz CT molecular complexity index is 621. The van der Waals surface area contributed by atoms with Gasteiger partial charge in [-0.3, -0.25) is 4.79 Å². The number of ether oxygens (including phenoxy) is 1. The molecule has 0 spiro atoms. The number of rotatable bonds is 4. The zero-order valence-electron chi connectivity index (χ0n) is 9.98. The minimum atomic E-state index is -0.778. The summed E-state index contributed by atoms with van der Waals surface area (Å²) in [5, 5.41) is 0. The molecule has 100 valence electrons. The van der Waals surface area contributed by atoms with Gasteiger partial charge < -0.3 is 15.0 Å². The Labute approximate surface area is 108 Å². The summed E-state index contributed by atoms with van der Waals surface area (Å²) in [5.41, 5.74) is 5.71. The first kappa shape index (κ1) is 13.1. The first-order chi connectivity index (χ1) is 9.08. The molecule has 0 fully saturated rings. The smallest absolute Gasteiger partial charge is 0.250 e. The standard InChI is InChI=1S/C13H12F2N2O2/c14-10-2-1-3-11(15)13(10)19-7-6-17-8-9(16)4-5-12(17)18/h1-5,8H,6-7,16H2. The van der Waals surface area contributed by atoms with E-state index >= 15 is 0 Å². The zero-order chi connectivity index (χ0) is 13.8. The molecule has 6 heteroatoms. The summed E-state index contributed by atoms with van der Waals surface area (Å²) in [6.45, 7) is 0.110. The number of hydrogen-bond acceptors (Lipinski definition) is 3. The van der Waals surface area contributed by atoms with Gasteiger partial charge in [0, 0.05) is 18.0 Å². The summed E-state index contributed by atoms with van der Waals surface area (Å²) in [5.74, 6) is -2.00. The number of nitrogen functional groups attached to an aromatic ring is 1. The van der Waals surface area contributed by atoms with E-state index in [4.69, 9.17) is 10.5 Å². The lowest BCUT2D eigenvalue weighted by Crippen LogP contribution is -2.22. The maximum atomic E-state index is 13.3. The van der Waals surface area contributed by atoms with E-state index in [2.05, 4.69) is 0 Å². The first-order valence-electron chi connectivity index (χ1n) is 5.60. The van der Waals surface area contributed by atoms with E-state index in [0.29, 0.717) is 5.69 Å². The normalized spacial score (nSPS) is 10.4. The highest BCUT2D eigenvalue weighted by atomic mass is 19.1. The van der Waals surface area contributed by atoms with Crippen LogP contribution in [0, 0.1) is 11.6 Å². The molecule has 1 heterocycles. The van der Waals surface area contributed by atoms with Crippen LogP contribution in [-0.2, 0) is 6.54 Å². The van der Waals surface area contributed by atoms with Gasteiger partial charge in [0.15, 0.2) is 17.4 Å². The second-order valence-corrected chi connectivity index (χ2v) is 3.89. The first-order valence-corrected chi connectivity index (χ1v) is 5.60. The maximum Gasteiger partial charge on any atom is 0.250 e. The molecule has 0 aliphatic rings. The van der Waals surface area contributed by atoms with Gasteiger partial charge in [-0.15, -0.1) is 0 Å². The quantitative estimate of drug-likeness (QED) is 0.917. The molecule has 4 nitrogen and oxygen atoms in total. The molecule has 0 aliphatic carbocycles. The molecule has 0 atom stereocenters. The van der Waals surface area contributed by atoms with Crippen molar-refractivity contribution in [2.45, 2.75) is 6.54 Å². The Morgan fingerprint density at radius 2 is 1.84 bits per heavy atom. The summed E-state index contributed by atoms with van der Waals surface area (Å²) >= 11 is 0. The third-order valence-electron chi connectivity index (χ3n) is 2.50. The van der Waals surface area contributed by atoms with Crippen molar-refractivity contribution in [2.75, 3.05) is 12.3 Å². The monoisotopic (exact) mass is 266 g/mol. The average Bonchev–Trinajstić information content (AvgIpc) is 2.37. The van der Waals surface area contributed by atoms with Gasteiger partial charge in [0.05, 0.1) is 6.54 Å². The van der Waals surface area contributed by atoms with Crippen LogP contribution in [0.3, 0.4) is 0 Å². The van der Waals surface area contributed by atoms with Crippen molar-refractivity contribution in [3.05, 3.63) is 58.5 Å². The van der Waals surface area contributed by atoms with Crippen LogP contribution in [-0.4, -0.2) is 11.2 Å². The fourth-order valence-electron chi connectivity index (χ4n) is 1.59. The third kappa shape index (κ3) is 3.09. The summed E-state index contributed by atoms with van der Waals surface area (Å²) in [4.78, 5) is 11.5. The highest BCUT2D eigenvalue weighted by Gasteiger charge is 2.09. The topological polar surface area (TPSA) is 57.2 Å². The zero-order valence-corrected chi connectivity index (χ0v) is 9.98. The summed E-state index contributed by atoms with van der Waals surface area (Å²) < 4.78 is 32.9. The molecule has 1 aromatic heterocycles. The molecule has 19 heavy (non-hydrogen) atoms. The molecule has 2 N–H and O–H groups in total. The van der Waals surface area contributed by atoms with Gasteiger partial charge in [0.25, 0.3) is 5.56 Å². The van der Waals surface area contributed by atoms with E-state index in [1.165, 1.54) is 29.0 Å². The van der Waals surface area contributed by atoms with Crippen molar-refractivity contribution < 1.29 is 13.5 Å². The number of aromatic nitrogens is 1. The molecule has 0 aliphatic heterocycles. The lowest BCUT2D eigenvalue weighted by molar-refractivity contribution is 0.268. The fourth-order valence-corrected chi connectivity index (χ4v) is 1.59. The van der Waals surface area contributed by atoms with E-state index in [9.17, 15) is 13.6 Å². The number of nitrogens with zero attached hydrogens (tertiary/aromatic N) is 1. The predicted octanol–water partition coefficient (Wildman–Crippen LogP) is 1.79. The van der Waals surface area contributed by atoms with Crippen molar-refractivity contribution >= 4 is 5.69 Å². The van der Waals surface area contributed by atoms with Crippen molar-refractivity contribution in [1.82, 2.24) is 4.57 Å². The van der Waals surface area contributed by atoms with Crippen LogP contribution in [0.1, 0.15) is 0 Å². The lowest BCUT2D eigenvalue weighted by Gasteiger charge is -2.09. The molecule has 0 bridgehead atoms. The number of para-hydroxylation sites is 1. The van der Waals surface area contributed by atoms with Crippen LogP contribution in [0.5, 0.6) is 5.75 Å². The molecule has 0 amide bonds. The highest BCUT2D eigenvalue weighted by molar-refractivity contribution is 5.33. The number of pyridine rings is 1. The number of hydrogen-bond donors (Lipinski definition) is 1. The summed E-state index contributed by atoms with van der Waals surface area (Å²) in [6.07, 6.45) is 1.45. The Morgan fingerprint density at radius 3 is 2.53 bits per heavy atom. The molecule has 2 rings (SSSR count). The molecule has 0 saturated carbocycles. The average molecular weight is 266 g/mol. The number of anilines is 1. The second-order valence-electron chi connectivity index (χ2n) is 3.89. The van der Waals surface area contributed by atoms with Crippen LogP contribution >= 0.6 is 0 Å². The van der Waals surface area contributed by atoms with Crippen LogP contribution in [0.4, 0.5) is 14.5 Å². The highest BCUT2D eigenvalue weighted by Crippen LogP contribution is 2.20. The predicted molar refractivity (Wildman–Crippen MR) is 67.0 cm³/mol. The lowest BCUT2D eigenvalue weighted by atomic mass is 10.3. The summed E-state index contributed by atoms with van der Waals surface area (Å²) in [6, 6.07) is 6.26. The Morgan fingerprint density at radius 1 is 1.16 bits per heavy atom. The van der Waals surface area contributed by atoms with Crippen molar-refractivity contribution in [3.8, 4) is 5.75 Å². The SMILES string of the molecule is Nc1ccc(=O)n(CCOc2c(F)cccc2F)c1. The van der Waals surface area contributed by atoms with Crippen LogP contribution in [0.25, 0.3) is 0 Å². The van der Waals surface area contributed by atoms with E-state index in [-0.39, 0.29) is 18.7 Å². The van der Waals surface area contributed by atoms with E-state index in [1.807, 2.05) is 0 Å². The van der Waals surface area contributed by atoms with Gasteiger partial charge in [-0.1, -0.05) is 6.07 Å². The van der Waals surface area contributed by atoms with Crippen molar-refractivity contribution in [1.29, 1.82) is 0 Å². The fraction of sp³-hybridized carbons (Fsp3) is 0.154. The van der Waals surface area contributed by atoms with Gasteiger partial charge in [0.2, 0.25) is 0 Å². The van der Waals surface area contributed by atoms with Crippen LogP contribution < -0.4 is 16.0 Å². The largest absolute Gasteiger partial charge is 0.486 e. The van der Waals surface area contributed by atoms with Gasteiger partial charge in [-0.25, -0.2) is 8.78 Å². The van der Waals surface area contributed by atoms with Crippen LogP contribution in [0.2, 0.25) is 0 Å². The summed E-state index contributed by atoms with van der Waals surface area (Å²) in [7, 11) is 0. The number of halogens is 2. The molecule has 2 aromatic rings. The van der Waals surface area contributed by atoms with Crippen molar-refractivity contribution in [2.24, 2.45) is 0 Å². The van der Waals surface area contributed by atoms with Crippen molar-refractivity contribution in [3.63, 3.8) is 0 Å². The third-order valence-corrected chi connectivity index (χ3v) is 2.50. The van der Waals surface area contributed by atoms with Gasteiger partial charge in [0.1, 0.15) is 6.61 Å². The Kier molecular flexibility index (Phi) is 3.79. The molecule has 1 aromatic carbocycles. The Balaban J connectivity index is 2.04. The minimum absolute atomic E-state index is 0.0405. The van der Waals surface area contributed by atoms with E-state index < -0.39 is 17.4 Å². The van der Waals surface area contributed by atoms with Gasteiger partial charge in [-0.05, 0) is 18.2 Å². The molecule has 0 radical (unpaired) electrons. The molecule has 0 unspecified atom stereocenters. The van der Waals surface area contributed by atoms with E-state index in [0.717, 1.165) is 12.1 Å². The second kappa shape index (κ2) is 5.51. The van der Waals surface area contributed by atoms with Gasteiger partial charge >= 0.3 is 0 Å². The minimum Gasteiger partial charge on any atom is -0.486 e. The van der Waals surface area contributed by atoms with Gasteiger partial charge in [-0.2, -0.15) is 0 Å². The van der Waals surface area contributed by atoms with Crippen LogP contribution in [0.15, 0.2) is 41.3 Å². The maximum absolute atomic E-state index is 13.3. The Hall–Kier alpha value is -2.37. The molecular weight excluding hydrogens is 254 g/mol. The van der Waals surface area contributed by atoms with E-state index in [1.54, 1.807) is 0 Å². The molecular formula is C13H12F2N2O2.